The number of amides is 2. The van der Waals surface area contributed by atoms with Crippen molar-refractivity contribution in [1.82, 2.24) is 0 Å². The molecule has 0 unspecified atom stereocenters. The molecular formula is C19H22N2O2. The van der Waals surface area contributed by atoms with Crippen molar-refractivity contribution < 1.29 is 9.53 Å². The van der Waals surface area contributed by atoms with E-state index in [1.165, 1.54) is 5.56 Å². The second-order valence-electron chi connectivity index (χ2n) is 5.98. The van der Waals surface area contributed by atoms with Gasteiger partial charge in [0.2, 0.25) is 0 Å². The van der Waals surface area contributed by atoms with E-state index in [4.69, 9.17) is 4.74 Å². The number of fused-ring (bicyclic) bond motifs is 1. The van der Waals surface area contributed by atoms with Gasteiger partial charge in [-0.25, -0.2) is 4.79 Å². The average Bonchev–Trinajstić information content (AvgIpc) is 2.55. The van der Waals surface area contributed by atoms with Crippen LogP contribution >= 0.6 is 0 Å². The van der Waals surface area contributed by atoms with Gasteiger partial charge in [0.1, 0.15) is 5.75 Å². The van der Waals surface area contributed by atoms with Crippen molar-refractivity contribution in [2.75, 3.05) is 16.8 Å². The maximum Gasteiger partial charge on any atom is 0.326 e. The third-order valence-electron chi connectivity index (χ3n) is 3.85. The van der Waals surface area contributed by atoms with E-state index < -0.39 is 0 Å². The lowest BCUT2D eigenvalue weighted by atomic mass is 10.0. The molecule has 1 aliphatic rings. The van der Waals surface area contributed by atoms with Crippen molar-refractivity contribution in [3.8, 4) is 5.75 Å². The Labute approximate surface area is 137 Å². The molecule has 0 bridgehead atoms. The number of para-hydroxylation sites is 3. The number of carbonyl (C=O) groups excluding carboxylic acids is 1. The van der Waals surface area contributed by atoms with Crippen molar-refractivity contribution >= 4 is 17.4 Å². The third-order valence-corrected chi connectivity index (χ3v) is 3.85. The topological polar surface area (TPSA) is 41.6 Å². The molecule has 4 nitrogen and oxygen atoms in total. The summed E-state index contributed by atoms with van der Waals surface area (Å²) in [4.78, 5) is 14.5. The molecule has 3 rings (SSSR count). The zero-order chi connectivity index (χ0) is 16.2. The number of hydrogen-bond acceptors (Lipinski definition) is 2. The Hall–Kier alpha value is -2.49. The summed E-state index contributed by atoms with van der Waals surface area (Å²) in [5, 5.41) is 2.99. The normalized spacial score (nSPS) is 13.6. The van der Waals surface area contributed by atoms with Crippen LogP contribution in [-0.4, -0.2) is 18.7 Å². The molecule has 0 fully saturated rings. The smallest absolute Gasteiger partial charge is 0.326 e. The number of anilines is 2. The number of urea groups is 1. The molecule has 1 N–H and O–H groups in total. The number of benzene rings is 2. The zero-order valence-electron chi connectivity index (χ0n) is 13.6. The van der Waals surface area contributed by atoms with Gasteiger partial charge in [0.25, 0.3) is 0 Å². The fourth-order valence-electron chi connectivity index (χ4n) is 2.85. The molecule has 2 aromatic rings. The van der Waals surface area contributed by atoms with Crippen molar-refractivity contribution in [3.63, 3.8) is 0 Å². The summed E-state index contributed by atoms with van der Waals surface area (Å²) in [7, 11) is 0. The molecule has 1 heterocycles. The summed E-state index contributed by atoms with van der Waals surface area (Å²) in [6.45, 7) is 4.68. The minimum atomic E-state index is -0.114. The van der Waals surface area contributed by atoms with Crippen LogP contribution < -0.4 is 15.0 Å². The predicted molar refractivity (Wildman–Crippen MR) is 93.3 cm³/mol. The zero-order valence-corrected chi connectivity index (χ0v) is 13.6. The van der Waals surface area contributed by atoms with Crippen molar-refractivity contribution in [1.29, 1.82) is 0 Å². The highest BCUT2D eigenvalue weighted by molar-refractivity contribution is 6.03. The van der Waals surface area contributed by atoms with E-state index in [0.29, 0.717) is 11.4 Å². The summed E-state index contributed by atoms with van der Waals surface area (Å²) in [6, 6.07) is 15.5. The lowest BCUT2D eigenvalue weighted by Crippen LogP contribution is -2.38. The second kappa shape index (κ2) is 6.73. The van der Waals surface area contributed by atoms with Crippen LogP contribution in [0.5, 0.6) is 5.75 Å². The number of ether oxygens (including phenoxy) is 1. The van der Waals surface area contributed by atoms with Gasteiger partial charge in [0.15, 0.2) is 0 Å². The molecule has 120 valence electrons. The van der Waals surface area contributed by atoms with Crippen LogP contribution in [0.1, 0.15) is 25.8 Å². The van der Waals surface area contributed by atoms with Crippen LogP contribution in [0.4, 0.5) is 16.2 Å². The second-order valence-corrected chi connectivity index (χ2v) is 5.98. The number of rotatable bonds is 3. The van der Waals surface area contributed by atoms with Crippen LogP contribution in [0.3, 0.4) is 0 Å². The Kier molecular flexibility index (Phi) is 4.51. The number of nitrogens with zero attached hydrogens (tertiary/aromatic N) is 1. The predicted octanol–water partition coefficient (Wildman–Crippen LogP) is 4.46. The summed E-state index contributed by atoms with van der Waals surface area (Å²) >= 11 is 0. The van der Waals surface area contributed by atoms with Gasteiger partial charge in [-0.1, -0.05) is 30.3 Å². The monoisotopic (exact) mass is 310 g/mol. The highest BCUT2D eigenvalue weighted by atomic mass is 16.5. The molecule has 0 radical (unpaired) electrons. The van der Waals surface area contributed by atoms with Gasteiger partial charge in [-0.3, -0.25) is 4.90 Å². The first-order valence-corrected chi connectivity index (χ1v) is 8.07. The Bertz CT molecular complexity index is 697. The maximum atomic E-state index is 12.7. The van der Waals surface area contributed by atoms with Crippen molar-refractivity contribution in [2.24, 2.45) is 0 Å². The lowest BCUT2D eigenvalue weighted by Gasteiger charge is -2.29. The SMILES string of the molecule is CC(C)Oc1ccccc1NC(=O)N1CCCc2ccccc21. The largest absolute Gasteiger partial charge is 0.489 e. The number of carbonyl (C=O) groups is 1. The molecule has 0 saturated heterocycles. The van der Waals surface area contributed by atoms with E-state index >= 15 is 0 Å². The standard InChI is InChI=1S/C19H22N2O2/c1-14(2)23-18-12-6-4-10-16(18)20-19(22)21-13-7-9-15-8-3-5-11-17(15)21/h3-6,8,10-12,14H,7,9,13H2,1-2H3,(H,20,22). The first-order chi connectivity index (χ1) is 11.1. The van der Waals surface area contributed by atoms with Crippen LogP contribution in [0.2, 0.25) is 0 Å². The van der Waals surface area contributed by atoms with Crippen LogP contribution in [0.15, 0.2) is 48.5 Å². The van der Waals surface area contributed by atoms with E-state index in [2.05, 4.69) is 11.4 Å². The summed E-state index contributed by atoms with van der Waals surface area (Å²) in [6.07, 6.45) is 2.06. The third kappa shape index (κ3) is 3.47. The first kappa shape index (κ1) is 15.4. The van der Waals surface area contributed by atoms with E-state index in [0.717, 1.165) is 25.1 Å². The highest BCUT2D eigenvalue weighted by Gasteiger charge is 2.22. The van der Waals surface area contributed by atoms with Gasteiger partial charge in [-0.2, -0.15) is 0 Å². The molecule has 0 atom stereocenters. The maximum absolute atomic E-state index is 12.7. The Morgan fingerprint density at radius 1 is 1.13 bits per heavy atom. The van der Waals surface area contributed by atoms with Gasteiger partial charge in [-0.15, -0.1) is 0 Å². The van der Waals surface area contributed by atoms with E-state index in [9.17, 15) is 4.79 Å². The van der Waals surface area contributed by atoms with Gasteiger partial charge < -0.3 is 10.1 Å². The molecular weight excluding hydrogens is 288 g/mol. The summed E-state index contributed by atoms with van der Waals surface area (Å²) in [5.74, 6) is 0.696. The van der Waals surface area contributed by atoms with Gasteiger partial charge in [0, 0.05) is 12.2 Å². The van der Waals surface area contributed by atoms with Crippen molar-refractivity contribution in [3.05, 3.63) is 54.1 Å². The minimum absolute atomic E-state index is 0.0590. The highest BCUT2D eigenvalue weighted by Crippen LogP contribution is 2.29. The van der Waals surface area contributed by atoms with Gasteiger partial charge in [-0.05, 0) is 50.5 Å². The molecule has 0 spiro atoms. The minimum Gasteiger partial charge on any atom is -0.489 e. The van der Waals surface area contributed by atoms with Crippen LogP contribution in [0, 0.1) is 0 Å². The van der Waals surface area contributed by atoms with E-state index in [1.54, 1.807) is 0 Å². The van der Waals surface area contributed by atoms with Crippen LogP contribution in [0.25, 0.3) is 0 Å². The van der Waals surface area contributed by atoms with E-state index in [-0.39, 0.29) is 12.1 Å². The Morgan fingerprint density at radius 3 is 2.70 bits per heavy atom. The molecule has 4 heteroatoms. The van der Waals surface area contributed by atoms with Gasteiger partial charge >= 0.3 is 6.03 Å². The van der Waals surface area contributed by atoms with Crippen molar-refractivity contribution in [2.45, 2.75) is 32.8 Å². The molecule has 2 amide bonds. The summed E-state index contributed by atoms with van der Waals surface area (Å²) in [5.41, 5.74) is 2.92. The molecule has 0 aromatic heterocycles. The Balaban J connectivity index is 1.81. The molecule has 1 aliphatic heterocycles. The summed E-state index contributed by atoms with van der Waals surface area (Å²) < 4.78 is 5.77. The molecule has 23 heavy (non-hydrogen) atoms. The van der Waals surface area contributed by atoms with Gasteiger partial charge in [0.05, 0.1) is 11.8 Å². The first-order valence-electron chi connectivity index (χ1n) is 8.07. The quantitative estimate of drug-likeness (QED) is 0.909. The fourth-order valence-corrected chi connectivity index (χ4v) is 2.85. The Morgan fingerprint density at radius 2 is 1.87 bits per heavy atom. The number of aryl methyl sites for hydroxylation is 1. The molecule has 2 aromatic carbocycles. The average molecular weight is 310 g/mol. The molecule has 0 aliphatic carbocycles. The number of nitrogens with one attached hydrogen (secondary N) is 1. The van der Waals surface area contributed by atoms with Crippen LogP contribution in [-0.2, 0) is 6.42 Å². The fraction of sp³-hybridized carbons (Fsp3) is 0.316. The molecule has 0 saturated carbocycles. The lowest BCUT2D eigenvalue weighted by molar-refractivity contribution is 0.242. The number of hydrogen-bond donors (Lipinski definition) is 1. The van der Waals surface area contributed by atoms with E-state index in [1.807, 2.05) is 61.2 Å².